The maximum Gasteiger partial charge on any atom is 0.343 e. The largest absolute Gasteiger partial charge is 0.497 e. The third-order valence-corrected chi connectivity index (χ3v) is 6.28. The number of carbonyl (C=O) groups excluding carboxylic acids is 2. The van der Waals surface area contributed by atoms with Gasteiger partial charge in [0, 0.05) is 10.0 Å². The van der Waals surface area contributed by atoms with Gasteiger partial charge in [0.2, 0.25) is 10.0 Å². The molecular formula is C23H20BrN3O6S. The third-order valence-electron chi connectivity index (χ3n) is 4.37. The van der Waals surface area contributed by atoms with Crippen molar-refractivity contribution in [3.63, 3.8) is 0 Å². The molecule has 3 aromatic carbocycles. The SMILES string of the molecule is COc1ccc(C(=O)Oc2ccc(Br)cc2/C=N\NC(=O)CNS(=O)(=O)c2ccccc2)cc1. The predicted octanol–water partition coefficient (Wildman–Crippen LogP) is 3.11. The molecule has 0 spiro atoms. The Labute approximate surface area is 205 Å². The highest BCUT2D eigenvalue weighted by Crippen LogP contribution is 2.23. The van der Waals surface area contributed by atoms with Crippen molar-refractivity contribution in [2.75, 3.05) is 13.7 Å². The van der Waals surface area contributed by atoms with E-state index in [4.69, 9.17) is 9.47 Å². The van der Waals surface area contributed by atoms with E-state index in [1.54, 1.807) is 60.7 Å². The molecule has 0 aliphatic carbocycles. The molecule has 1 amide bonds. The second-order valence-electron chi connectivity index (χ2n) is 6.73. The molecule has 0 aliphatic heterocycles. The van der Waals surface area contributed by atoms with Crippen molar-refractivity contribution in [2.24, 2.45) is 5.10 Å². The summed E-state index contributed by atoms with van der Waals surface area (Å²) >= 11 is 3.33. The Balaban J connectivity index is 1.62. The van der Waals surface area contributed by atoms with Crippen molar-refractivity contribution in [3.8, 4) is 11.5 Å². The molecule has 3 aromatic rings. The van der Waals surface area contributed by atoms with Gasteiger partial charge in [0.1, 0.15) is 11.5 Å². The molecule has 3 rings (SSSR count). The van der Waals surface area contributed by atoms with Crippen molar-refractivity contribution in [2.45, 2.75) is 4.90 Å². The van der Waals surface area contributed by atoms with E-state index in [1.807, 2.05) is 0 Å². The van der Waals surface area contributed by atoms with E-state index < -0.39 is 28.4 Å². The van der Waals surface area contributed by atoms with Crippen molar-refractivity contribution in [3.05, 3.63) is 88.4 Å². The van der Waals surface area contributed by atoms with Gasteiger partial charge in [0.05, 0.1) is 30.3 Å². The smallest absolute Gasteiger partial charge is 0.343 e. The van der Waals surface area contributed by atoms with Crippen molar-refractivity contribution in [1.82, 2.24) is 10.1 Å². The van der Waals surface area contributed by atoms with Gasteiger partial charge in [-0.25, -0.2) is 23.4 Å². The van der Waals surface area contributed by atoms with Crippen LogP contribution in [0.2, 0.25) is 0 Å². The summed E-state index contributed by atoms with van der Waals surface area (Å²) in [6.45, 7) is -0.508. The number of halogens is 1. The van der Waals surface area contributed by atoms with E-state index in [0.717, 1.165) is 0 Å². The Morgan fingerprint density at radius 3 is 2.41 bits per heavy atom. The molecule has 11 heteroatoms. The number of carbonyl (C=O) groups is 2. The second kappa shape index (κ2) is 11.5. The number of nitrogens with one attached hydrogen (secondary N) is 2. The molecule has 0 atom stereocenters. The first kappa shape index (κ1) is 25.1. The first-order valence-corrected chi connectivity index (χ1v) is 12.1. The molecule has 0 bridgehead atoms. The van der Waals surface area contributed by atoms with Gasteiger partial charge in [-0.2, -0.15) is 5.10 Å². The van der Waals surface area contributed by atoms with Gasteiger partial charge in [-0.15, -0.1) is 0 Å². The number of methoxy groups -OCH3 is 1. The fourth-order valence-corrected chi connectivity index (χ4v) is 4.04. The van der Waals surface area contributed by atoms with Crippen LogP contribution in [-0.4, -0.2) is 40.2 Å². The number of hydrazone groups is 1. The monoisotopic (exact) mass is 545 g/mol. The highest BCUT2D eigenvalue weighted by molar-refractivity contribution is 9.10. The Morgan fingerprint density at radius 2 is 1.74 bits per heavy atom. The molecule has 0 saturated heterocycles. The first-order chi connectivity index (χ1) is 16.3. The zero-order chi connectivity index (χ0) is 24.6. The summed E-state index contributed by atoms with van der Waals surface area (Å²) in [4.78, 5) is 24.5. The summed E-state index contributed by atoms with van der Waals surface area (Å²) in [6, 6.07) is 19.0. The molecule has 9 nitrogen and oxygen atoms in total. The number of benzene rings is 3. The van der Waals surface area contributed by atoms with Crippen LogP contribution in [0, 0.1) is 0 Å². The molecule has 0 aliphatic rings. The van der Waals surface area contributed by atoms with Crippen LogP contribution >= 0.6 is 15.9 Å². The quantitative estimate of drug-likeness (QED) is 0.184. The summed E-state index contributed by atoms with van der Waals surface area (Å²) in [5.41, 5.74) is 2.96. The standard InChI is InChI=1S/C23H20BrN3O6S/c1-32-19-10-7-16(8-11-19)23(29)33-21-12-9-18(24)13-17(21)14-25-27-22(28)15-26-34(30,31)20-5-3-2-4-6-20/h2-14,26H,15H2,1H3,(H,27,28)/b25-14-. The first-order valence-electron chi connectivity index (χ1n) is 9.81. The van der Waals surface area contributed by atoms with E-state index in [-0.39, 0.29) is 10.6 Å². The summed E-state index contributed by atoms with van der Waals surface area (Å²) in [7, 11) is -2.30. The summed E-state index contributed by atoms with van der Waals surface area (Å²) in [5.74, 6) is -0.442. The third kappa shape index (κ3) is 6.98. The van der Waals surface area contributed by atoms with Crippen LogP contribution in [0.1, 0.15) is 15.9 Å². The van der Waals surface area contributed by atoms with E-state index >= 15 is 0 Å². The van der Waals surface area contributed by atoms with Gasteiger partial charge in [-0.3, -0.25) is 4.79 Å². The zero-order valence-corrected chi connectivity index (χ0v) is 20.3. The second-order valence-corrected chi connectivity index (χ2v) is 9.41. The lowest BCUT2D eigenvalue weighted by molar-refractivity contribution is -0.119. The number of esters is 1. The van der Waals surface area contributed by atoms with Crippen LogP contribution in [0.3, 0.4) is 0 Å². The van der Waals surface area contributed by atoms with Crippen LogP contribution < -0.4 is 19.6 Å². The molecule has 34 heavy (non-hydrogen) atoms. The molecule has 2 N–H and O–H groups in total. The maximum atomic E-state index is 12.5. The van der Waals surface area contributed by atoms with Crippen LogP contribution in [0.25, 0.3) is 0 Å². The normalized spacial score (nSPS) is 11.2. The Hall–Kier alpha value is -3.54. The minimum atomic E-state index is -3.82. The minimum absolute atomic E-state index is 0.0451. The number of hydrogen-bond acceptors (Lipinski definition) is 7. The number of hydrogen-bond donors (Lipinski definition) is 2. The van der Waals surface area contributed by atoms with Crippen LogP contribution in [-0.2, 0) is 14.8 Å². The van der Waals surface area contributed by atoms with E-state index in [0.29, 0.717) is 21.3 Å². The van der Waals surface area contributed by atoms with E-state index in [2.05, 4.69) is 31.2 Å². The topological polar surface area (TPSA) is 123 Å². The average molecular weight is 546 g/mol. The zero-order valence-electron chi connectivity index (χ0n) is 17.9. The van der Waals surface area contributed by atoms with Gasteiger partial charge >= 0.3 is 5.97 Å². The van der Waals surface area contributed by atoms with Crippen molar-refractivity contribution in [1.29, 1.82) is 0 Å². The minimum Gasteiger partial charge on any atom is -0.497 e. The number of amides is 1. The number of sulfonamides is 1. The summed E-state index contributed by atoms with van der Waals surface area (Å²) < 4.78 is 37.8. The lowest BCUT2D eigenvalue weighted by atomic mass is 10.2. The number of nitrogens with zero attached hydrogens (tertiary/aromatic N) is 1. The Morgan fingerprint density at radius 1 is 1.03 bits per heavy atom. The predicted molar refractivity (Wildman–Crippen MR) is 129 cm³/mol. The van der Waals surface area contributed by atoms with Gasteiger partial charge in [0.25, 0.3) is 5.91 Å². The summed E-state index contributed by atoms with van der Waals surface area (Å²) in [6.07, 6.45) is 1.28. The molecule has 0 aromatic heterocycles. The Kier molecular flexibility index (Phi) is 8.52. The fraction of sp³-hybridized carbons (Fsp3) is 0.0870. The summed E-state index contributed by atoms with van der Waals surface area (Å²) in [5, 5.41) is 3.83. The maximum absolute atomic E-state index is 12.5. The molecule has 0 heterocycles. The molecule has 0 radical (unpaired) electrons. The molecule has 176 valence electrons. The van der Waals surface area contributed by atoms with E-state index in [9.17, 15) is 18.0 Å². The Bertz CT molecular complexity index is 1300. The van der Waals surface area contributed by atoms with Gasteiger partial charge in [0.15, 0.2) is 0 Å². The highest BCUT2D eigenvalue weighted by atomic mass is 79.9. The number of rotatable bonds is 9. The van der Waals surface area contributed by atoms with Crippen LogP contribution in [0.15, 0.2) is 87.3 Å². The van der Waals surface area contributed by atoms with Crippen LogP contribution in [0.5, 0.6) is 11.5 Å². The van der Waals surface area contributed by atoms with Gasteiger partial charge < -0.3 is 9.47 Å². The highest BCUT2D eigenvalue weighted by Gasteiger charge is 2.15. The van der Waals surface area contributed by atoms with Gasteiger partial charge in [-0.1, -0.05) is 34.1 Å². The fourth-order valence-electron chi connectivity index (χ4n) is 2.66. The van der Waals surface area contributed by atoms with Crippen molar-refractivity contribution < 1.29 is 27.5 Å². The lowest BCUT2D eigenvalue weighted by Crippen LogP contribution is -2.34. The van der Waals surface area contributed by atoms with E-state index in [1.165, 1.54) is 25.5 Å². The average Bonchev–Trinajstić information content (AvgIpc) is 2.85. The number of ether oxygens (including phenoxy) is 2. The van der Waals surface area contributed by atoms with Crippen molar-refractivity contribution >= 4 is 44.0 Å². The van der Waals surface area contributed by atoms with Gasteiger partial charge in [-0.05, 0) is 54.6 Å². The van der Waals surface area contributed by atoms with Crippen LogP contribution in [0.4, 0.5) is 0 Å². The molecular weight excluding hydrogens is 526 g/mol. The molecule has 0 saturated carbocycles. The molecule has 0 unspecified atom stereocenters. The molecule has 0 fully saturated rings. The lowest BCUT2D eigenvalue weighted by Gasteiger charge is -2.09.